The molecule has 0 aliphatic heterocycles. The summed E-state index contributed by atoms with van der Waals surface area (Å²) in [6.45, 7) is 3.56. The Bertz CT molecular complexity index is 410. The van der Waals surface area contributed by atoms with Crippen molar-refractivity contribution in [2.45, 2.75) is 9.71 Å². The highest BCUT2D eigenvalue weighted by molar-refractivity contribution is 6.68. The third-order valence-corrected chi connectivity index (χ3v) is 2.82. The van der Waals surface area contributed by atoms with E-state index in [-0.39, 0.29) is 5.56 Å². The van der Waals surface area contributed by atoms with Crippen LogP contribution < -0.4 is 0 Å². The fraction of sp³-hybridized carbons (Fsp3) is 0.182. The van der Waals surface area contributed by atoms with E-state index < -0.39 is 15.7 Å². The number of carboxylic acids is 1. The van der Waals surface area contributed by atoms with Crippen molar-refractivity contribution in [2.75, 3.05) is 0 Å². The lowest BCUT2D eigenvalue weighted by Crippen LogP contribution is -2.17. The maximum absolute atomic E-state index is 11.0. The molecular weight excluding hydrogens is 270 g/mol. The van der Waals surface area contributed by atoms with Gasteiger partial charge in [-0.3, -0.25) is 0 Å². The fourth-order valence-corrected chi connectivity index (χ4v) is 2.02. The number of benzene rings is 1. The molecule has 1 aromatic carbocycles. The summed E-state index contributed by atoms with van der Waals surface area (Å²) in [6.07, 6.45) is 1.43. The Morgan fingerprint density at radius 2 is 1.94 bits per heavy atom. The van der Waals surface area contributed by atoms with E-state index in [2.05, 4.69) is 6.58 Å². The van der Waals surface area contributed by atoms with Crippen LogP contribution in [0.4, 0.5) is 0 Å². The SMILES string of the molecule is C=CC(c1ccccc1C(=O)O)C(Cl)(Cl)Cl. The molecule has 2 nitrogen and oxygen atoms in total. The normalized spacial score (nSPS) is 13.2. The molecule has 0 aromatic heterocycles. The van der Waals surface area contributed by atoms with Crippen molar-refractivity contribution >= 4 is 40.8 Å². The number of halogens is 3. The Morgan fingerprint density at radius 3 is 2.38 bits per heavy atom. The van der Waals surface area contributed by atoms with Crippen molar-refractivity contribution in [1.82, 2.24) is 0 Å². The molecule has 0 heterocycles. The van der Waals surface area contributed by atoms with E-state index in [9.17, 15) is 4.79 Å². The van der Waals surface area contributed by atoms with Gasteiger partial charge in [-0.1, -0.05) is 59.1 Å². The molecule has 0 spiro atoms. The molecule has 0 aliphatic rings. The molecule has 1 aromatic rings. The maximum Gasteiger partial charge on any atom is 0.335 e. The zero-order valence-corrected chi connectivity index (χ0v) is 10.4. The number of aromatic carboxylic acids is 1. The highest BCUT2D eigenvalue weighted by Gasteiger charge is 2.33. The largest absolute Gasteiger partial charge is 0.478 e. The van der Waals surface area contributed by atoms with Crippen LogP contribution in [-0.2, 0) is 0 Å². The first-order valence-corrected chi connectivity index (χ1v) is 5.52. The number of allylic oxidation sites excluding steroid dienone is 1. The van der Waals surface area contributed by atoms with Gasteiger partial charge in [-0.25, -0.2) is 4.79 Å². The minimum Gasteiger partial charge on any atom is -0.478 e. The van der Waals surface area contributed by atoms with E-state index >= 15 is 0 Å². The van der Waals surface area contributed by atoms with Gasteiger partial charge < -0.3 is 5.11 Å². The molecule has 0 radical (unpaired) electrons. The predicted molar refractivity (Wildman–Crippen MR) is 66.6 cm³/mol. The van der Waals surface area contributed by atoms with Gasteiger partial charge in [0.1, 0.15) is 0 Å². The lowest BCUT2D eigenvalue weighted by Gasteiger charge is -2.22. The molecule has 86 valence electrons. The van der Waals surface area contributed by atoms with E-state index in [1.807, 2.05) is 0 Å². The van der Waals surface area contributed by atoms with Gasteiger partial charge in [-0.05, 0) is 11.6 Å². The molecular formula is C11H9Cl3O2. The lowest BCUT2D eigenvalue weighted by molar-refractivity contribution is 0.0695. The topological polar surface area (TPSA) is 37.3 Å². The number of alkyl halides is 3. The van der Waals surface area contributed by atoms with Crippen LogP contribution in [0, 0.1) is 0 Å². The first-order chi connectivity index (χ1) is 7.38. The van der Waals surface area contributed by atoms with Crippen LogP contribution in [0.5, 0.6) is 0 Å². The van der Waals surface area contributed by atoms with Gasteiger partial charge in [0.2, 0.25) is 3.79 Å². The zero-order valence-electron chi connectivity index (χ0n) is 8.16. The Hall–Kier alpha value is -0.700. The van der Waals surface area contributed by atoms with Gasteiger partial charge in [0.15, 0.2) is 0 Å². The predicted octanol–water partition coefficient (Wildman–Crippen LogP) is 4.02. The van der Waals surface area contributed by atoms with Gasteiger partial charge in [0.05, 0.1) is 5.56 Å². The number of hydrogen-bond donors (Lipinski definition) is 1. The second-order valence-electron chi connectivity index (χ2n) is 3.15. The minimum absolute atomic E-state index is 0.110. The van der Waals surface area contributed by atoms with E-state index in [1.165, 1.54) is 12.1 Å². The second-order valence-corrected chi connectivity index (χ2v) is 5.52. The van der Waals surface area contributed by atoms with Gasteiger partial charge in [-0.15, -0.1) is 6.58 Å². The first-order valence-electron chi connectivity index (χ1n) is 4.39. The highest BCUT2D eigenvalue weighted by atomic mass is 35.6. The fourth-order valence-electron chi connectivity index (χ4n) is 1.40. The molecule has 1 atom stereocenters. The van der Waals surface area contributed by atoms with Crippen molar-refractivity contribution < 1.29 is 9.90 Å². The molecule has 1 N–H and O–H groups in total. The number of hydrogen-bond acceptors (Lipinski definition) is 1. The molecule has 0 saturated carbocycles. The average molecular weight is 280 g/mol. The van der Waals surface area contributed by atoms with Gasteiger partial charge >= 0.3 is 5.97 Å². The first kappa shape index (κ1) is 13.4. The molecule has 5 heteroatoms. The summed E-state index contributed by atoms with van der Waals surface area (Å²) in [4.78, 5) is 11.0. The lowest BCUT2D eigenvalue weighted by atomic mass is 9.95. The maximum atomic E-state index is 11.0. The Morgan fingerprint density at radius 1 is 1.38 bits per heavy atom. The van der Waals surface area contributed by atoms with E-state index in [0.717, 1.165) is 0 Å². The van der Waals surface area contributed by atoms with E-state index in [4.69, 9.17) is 39.9 Å². The summed E-state index contributed by atoms with van der Waals surface area (Å²) in [5.74, 6) is -1.72. The van der Waals surface area contributed by atoms with Gasteiger partial charge in [0.25, 0.3) is 0 Å². The molecule has 1 unspecified atom stereocenters. The van der Waals surface area contributed by atoms with Crippen LogP contribution >= 0.6 is 34.8 Å². The quantitative estimate of drug-likeness (QED) is 0.670. The molecule has 0 aliphatic carbocycles. The summed E-state index contributed by atoms with van der Waals surface area (Å²) in [5, 5.41) is 9.01. The average Bonchev–Trinajstić information content (AvgIpc) is 2.17. The van der Waals surface area contributed by atoms with Gasteiger partial charge in [-0.2, -0.15) is 0 Å². The van der Waals surface area contributed by atoms with Crippen LogP contribution in [0.25, 0.3) is 0 Å². The van der Waals surface area contributed by atoms with Crippen molar-refractivity contribution in [1.29, 1.82) is 0 Å². The summed E-state index contributed by atoms with van der Waals surface area (Å²) in [7, 11) is 0. The molecule has 0 amide bonds. The van der Waals surface area contributed by atoms with Gasteiger partial charge in [0, 0.05) is 5.92 Å². The third kappa shape index (κ3) is 2.91. The Kier molecular flexibility index (Phi) is 4.25. The van der Waals surface area contributed by atoms with Crippen molar-refractivity contribution in [2.24, 2.45) is 0 Å². The van der Waals surface area contributed by atoms with Crippen LogP contribution in [0.3, 0.4) is 0 Å². The van der Waals surface area contributed by atoms with Crippen LogP contribution in [0.15, 0.2) is 36.9 Å². The highest BCUT2D eigenvalue weighted by Crippen LogP contribution is 2.43. The van der Waals surface area contributed by atoms with Crippen LogP contribution in [0.1, 0.15) is 21.8 Å². The van der Waals surface area contributed by atoms with Crippen LogP contribution in [0.2, 0.25) is 0 Å². The second kappa shape index (κ2) is 5.09. The molecule has 0 bridgehead atoms. The Labute approximate surface area is 108 Å². The van der Waals surface area contributed by atoms with Crippen molar-refractivity contribution in [3.63, 3.8) is 0 Å². The number of carbonyl (C=O) groups is 1. The summed E-state index contributed by atoms with van der Waals surface area (Å²) in [5.41, 5.74) is 0.545. The van der Waals surface area contributed by atoms with Crippen molar-refractivity contribution in [3.8, 4) is 0 Å². The van der Waals surface area contributed by atoms with Crippen molar-refractivity contribution in [3.05, 3.63) is 48.0 Å². The summed E-state index contributed by atoms with van der Waals surface area (Å²) >= 11 is 17.3. The van der Waals surface area contributed by atoms with E-state index in [1.54, 1.807) is 18.2 Å². The van der Waals surface area contributed by atoms with Crippen LogP contribution in [-0.4, -0.2) is 14.9 Å². The summed E-state index contributed by atoms with van der Waals surface area (Å²) in [6, 6.07) is 6.38. The molecule has 1 rings (SSSR count). The zero-order chi connectivity index (χ0) is 12.3. The molecule has 16 heavy (non-hydrogen) atoms. The minimum atomic E-state index is -1.62. The number of carboxylic acid groups (broad SMARTS) is 1. The smallest absolute Gasteiger partial charge is 0.335 e. The third-order valence-electron chi connectivity index (χ3n) is 2.11. The Balaban J connectivity index is 3.30. The standard InChI is InChI=1S/C11H9Cl3O2/c1-2-9(11(12,13)14)7-5-3-4-6-8(7)10(15)16/h2-6,9H,1H2,(H,15,16). The summed E-state index contributed by atoms with van der Waals surface area (Å²) < 4.78 is -1.62. The molecule has 0 fully saturated rings. The molecule has 0 saturated heterocycles. The number of rotatable bonds is 3. The van der Waals surface area contributed by atoms with E-state index in [0.29, 0.717) is 5.56 Å². The monoisotopic (exact) mass is 278 g/mol.